The molecule has 16 nitrogen and oxygen atoms in total. The van der Waals surface area contributed by atoms with Crippen LogP contribution in [0.5, 0.6) is 0 Å². The van der Waals surface area contributed by atoms with Crippen molar-refractivity contribution >= 4 is 82.1 Å². The molecule has 44 heavy (non-hydrogen) atoms. The van der Waals surface area contributed by atoms with Gasteiger partial charge in [0.05, 0.1) is 25.6 Å². The maximum atomic E-state index is 16.1. The third-order valence-corrected chi connectivity index (χ3v) is 11.2. The van der Waals surface area contributed by atoms with Crippen LogP contribution in [0.3, 0.4) is 0 Å². The van der Waals surface area contributed by atoms with Gasteiger partial charge in [0.25, 0.3) is 5.56 Å². The van der Waals surface area contributed by atoms with E-state index in [0.717, 1.165) is 0 Å². The highest BCUT2D eigenvalue weighted by Gasteiger charge is 2.51. The molecule has 4 aromatic rings. The Morgan fingerprint density at radius 3 is 2.70 bits per heavy atom. The standard InChI is InChI=1S/C22H25FN8O8P2S3/c23-14-16-13(37-21(14)30-4-2-10-11(24)1-3-26-17(10)30)7-35-41(43,44)38-12-5-9(6-34-40(33,42)39-16)36-20(12)31-8-27-15-18(31)28-22(25)29-19(15)32/h1-4,8-9,12-14,16,20-21H,5-7H2,(H2,24,26)(H,33,42)(H,43,44)(H3,25,28,29,32)/t9-,12+,13+,14-,16+,20+,21+,40?/m0/s1. The first kappa shape index (κ1) is 30.6. The minimum Gasteiger partial charge on any atom is -0.398 e. The summed E-state index contributed by atoms with van der Waals surface area (Å²) in [5.41, 5.74) is 8.94. The predicted molar refractivity (Wildman–Crippen MR) is 165 cm³/mol. The van der Waals surface area contributed by atoms with Crippen LogP contribution in [0.2, 0.25) is 0 Å². The van der Waals surface area contributed by atoms with E-state index >= 15 is 4.39 Å². The van der Waals surface area contributed by atoms with Gasteiger partial charge in [0.15, 0.2) is 29.8 Å². The lowest BCUT2D eigenvalue weighted by atomic mass is 10.1. The van der Waals surface area contributed by atoms with Crippen LogP contribution >= 0.6 is 24.7 Å². The largest absolute Gasteiger partial charge is 0.398 e. The summed E-state index contributed by atoms with van der Waals surface area (Å²) < 4.78 is 54.7. The Hall–Kier alpha value is -2.06. The summed E-state index contributed by atoms with van der Waals surface area (Å²) in [5, 5.41) is 0.607. The van der Waals surface area contributed by atoms with Crippen LogP contribution < -0.4 is 17.0 Å². The van der Waals surface area contributed by atoms with Crippen molar-refractivity contribution in [3.63, 3.8) is 0 Å². The summed E-state index contributed by atoms with van der Waals surface area (Å²) in [6, 6.07) is 3.32. The monoisotopic (exact) mass is 706 g/mol. The number of hydrogen-bond donors (Lipinski definition) is 5. The van der Waals surface area contributed by atoms with Gasteiger partial charge in [-0.1, -0.05) is 12.2 Å². The Morgan fingerprint density at radius 2 is 1.89 bits per heavy atom. The van der Waals surface area contributed by atoms with Gasteiger partial charge < -0.3 is 44.0 Å². The zero-order valence-electron chi connectivity index (χ0n) is 22.3. The molecule has 3 saturated heterocycles. The number of alkyl halides is 1. The van der Waals surface area contributed by atoms with Crippen LogP contribution in [-0.4, -0.2) is 77.8 Å². The molecule has 0 radical (unpaired) electrons. The highest BCUT2D eigenvalue weighted by molar-refractivity contribution is 8.60. The lowest BCUT2D eigenvalue weighted by Crippen LogP contribution is -2.34. The highest BCUT2D eigenvalue weighted by Crippen LogP contribution is 2.58. The number of nitrogens with one attached hydrogen (secondary N) is 1. The fourth-order valence-corrected chi connectivity index (χ4v) is 8.95. The number of pyridine rings is 1. The number of nitrogen functional groups attached to an aromatic ring is 2. The summed E-state index contributed by atoms with van der Waals surface area (Å²) in [6.07, 6.45) is -3.37. The summed E-state index contributed by atoms with van der Waals surface area (Å²) in [7, 11) is 0. The quantitative estimate of drug-likeness (QED) is 0.149. The molecule has 6 N–H and O–H groups in total. The molecule has 0 spiro atoms. The predicted octanol–water partition coefficient (Wildman–Crippen LogP) is 2.05. The number of aromatic nitrogens is 6. The normalized spacial score (nSPS) is 36.6. The van der Waals surface area contributed by atoms with Crippen LogP contribution in [0, 0.1) is 0 Å². The summed E-state index contributed by atoms with van der Waals surface area (Å²) in [4.78, 5) is 38.4. The SMILES string of the molecule is Nc1nc2c(ncn2[C@@H]2O[C@@H]3COP(O)(=S)O[C@H]4[C@H](F)[C@H](n5ccc6c(N)ccnc65)O[C@@H]4COP(=S)(S)O[C@@H]2C3)c(=O)[nH]1. The van der Waals surface area contributed by atoms with E-state index in [1.165, 1.54) is 21.7 Å². The minimum atomic E-state index is -4.05. The second-order valence-electron chi connectivity index (χ2n) is 10.3. The van der Waals surface area contributed by atoms with Crippen molar-refractivity contribution in [3.05, 3.63) is 41.2 Å². The van der Waals surface area contributed by atoms with Crippen LogP contribution in [0.15, 0.2) is 35.6 Å². The summed E-state index contributed by atoms with van der Waals surface area (Å²) >= 11 is 15.4. The van der Waals surface area contributed by atoms with Gasteiger partial charge in [-0.15, -0.1) is 0 Å². The summed E-state index contributed by atoms with van der Waals surface area (Å²) in [6.45, 7) is -4.62. The average Bonchev–Trinajstić information content (AvgIpc) is 3.72. The van der Waals surface area contributed by atoms with E-state index in [9.17, 15) is 9.69 Å². The Labute approximate surface area is 262 Å². The van der Waals surface area contributed by atoms with E-state index in [1.54, 1.807) is 18.3 Å². The molecule has 22 heteroatoms. The topological polar surface area (TPSA) is 209 Å². The number of halogens is 1. The molecule has 3 aliphatic heterocycles. The molecule has 2 bridgehead atoms. The van der Waals surface area contributed by atoms with Crippen molar-refractivity contribution in [3.8, 4) is 0 Å². The molecule has 3 fully saturated rings. The second kappa shape index (κ2) is 11.3. The van der Waals surface area contributed by atoms with Crippen LogP contribution in [0.25, 0.3) is 22.2 Å². The maximum Gasteiger partial charge on any atom is 0.325 e. The van der Waals surface area contributed by atoms with Crippen molar-refractivity contribution in [2.24, 2.45) is 0 Å². The van der Waals surface area contributed by atoms with Crippen molar-refractivity contribution in [2.75, 3.05) is 24.7 Å². The Balaban J connectivity index is 1.19. The van der Waals surface area contributed by atoms with Gasteiger partial charge in [-0.05, 0) is 35.7 Å². The molecule has 4 aromatic heterocycles. The van der Waals surface area contributed by atoms with Gasteiger partial charge in [-0.25, -0.2) is 14.4 Å². The van der Waals surface area contributed by atoms with Gasteiger partial charge in [-0.2, -0.15) is 4.98 Å². The number of aromatic amines is 1. The number of fused-ring (bicyclic) bond motifs is 5. The van der Waals surface area contributed by atoms with Crippen molar-refractivity contribution in [2.45, 2.75) is 49.5 Å². The van der Waals surface area contributed by atoms with Gasteiger partial charge in [0.1, 0.15) is 24.0 Å². The minimum absolute atomic E-state index is 0.0320. The van der Waals surface area contributed by atoms with E-state index in [0.29, 0.717) is 16.7 Å². The van der Waals surface area contributed by atoms with E-state index in [2.05, 4.69) is 32.2 Å². The number of imidazole rings is 1. The van der Waals surface area contributed by atoms with Gasteiger partial charge >= 0.3 is 6.72 Å². The van der Waals surface area contributed by atoms with E-state index in [1.807, 2.05) is 0 Å². The lowest BCUT2D eigenvalue weighted by Gasteiger charge is -2.28. The molecule has 236 valence electrons. The number of thiol groups is 1. The molecule has 3 aliphatic rings. The molecule has 0 amide bonds. The summed E-state index contributed by atoms with van der Waals surface area (Å²) in [5.74, 6) is -0.120. The number of anilines is 2. The lowest BCUT2D eigenvalue weighted by molar-refractivity contribution is -0.0549. The number of nitrogens with zero attached hydrogens (tertiary/aromatic N) is 5. The molecule has 7 rings (SSSR count). The van der Waals surface area contributed by atoms with Crippen molar-refractivity contribution in [1.29, 1.82) is 0 Å². The maximum absolute atomic E-state index is 16.1. The van der Waals surface area contributed by atoms with E-state index in [4.69, 9.17) is 62.6 Å². The third-order valence-electron chi connectivity index (χ3n) is 7.41. The van der Waals surface area contributed by atoms with E-state index in [-0.39, 0.29) is 36.7 Å². The average molecular weight is 707 g/mol. The van der Waals surface area contributed by atoms with E-state index < -0.39 is 61.0 Å². The molecular weight excluding hydrogens is 681 g/mol. The van der Waals surface area contributed by atoms with Crippen molar-refractivity contribution in [1.82, 2.24) is 29.1 Å². The second-order valence-corrected chi connectivity index (χ2v) is 18.3. The first-order valence-corrected chi connectivity index (χ1v) is 19.5. The molecule has 0 saturated carbocycles. The Morgan fingerprint density at radius 1 is 1.07 bits per heavy atom. The fourth-order valence-electron chi connectivity index (χ4n) is 5.48. The number of ether oxygens (including phenoxy) is 2. The van der Waals surface area contributed by atoms with Gasteiger partial charge in [-0.3, -0.25) is 18.9 Å². The third kappa shape index (κ3) is 5.61. The van der Waals surface area contributed by atoms with Crippen LogP contribution in [-0.2, 0) is 51.2 Å². The molecule has 9 atom stereocenters. The Bertz CT molecular complexity index is 1910. The van der Waals surface area contributed by atoms with Gasteiger partial charge in [0, 0.05) is 29.9 Å². The Kier molecular flexibility index (Phi) is 7.87. The molecule has 7 heterocycles. The highest BCUT2D eigenvalue weighted by atomic mass is 32.9. The molecular formula is C22H25FN8O8P2S3. The zero-order chi connectivity index (χ0) is 31.0. The fraction of sp³-hybridized carbons (Fsp3) is 0.455. The first-order valence-electron chi connectivity index (χ1n) is 13.1. The zero-order valence-corrected chi connectivity index (χ0v) is 26.6. The molecule has 0 aliphatic carbocycles. The number of hydrogen-bond acceptors (Lipinski definition) is 14. The van der Waals surface area contributed by atoms with Crippen molar-refractivity contribution < 1.29 is 36.9 Å². The van der Waals surface area contributed by atoms with Crippen LogP contribution in [0.4, 0.5) is 16.0 Å². The van der Waals surface area contributed by atoms with Gasteiger partial charge in [0.2, 0.25) is 11.6 Å². The molecule has 0 aromatic carbocycles. The smallest absolute Gasteiger partial charge is 0.325 e. The van der Waals surface area contributed by atoms with Crippen LogP contribution in [0.1, 0.15) is 18.9 Å². The number of rotatable bonds is 2. The number of H-pyrrole nitrogens is 1. The first-order chi connectivity index (χ1) is 20.9. The molecule has 2 unspecified atom stereocenters. The number of nitrogens with two attached hydrogens (primary N) is 2.